The molecule has 3 atom stereocenters. The molecule has 0 saturated carbocycles. The van der Waals surface area contributed by atoms with E-state index in [-0.39, 0.29) is 35.4 Å². The number of aliphatic hydroxyl groups excluding tert-OH is 2. The van der Waals surface area contributed by atoms with Crippen molar-refractivity contribution in [2.75, 3.05) is 11.9 Å². The number of aromatic amines is 1. The van der Waals surface area contributed by atoms with Gasteiger partial charge in [0.1, 0.15) is 6.23 Å². The van der Waals surface area contributed by atoms with Gasteiger partial charge in [-0.2, -0.15) is 4.98 Å². The minimum absolute atomic E-state index is 0.0132. The summed E-state index contributed by atoms with van der Waals surface area (Å²) in [6.07, 6.45) is -0.867. The average molecular weight is 421 g/mol. The van der Waals surface area contributed by atoms with Gasteiger partial charge in [-0.15, -0.1) is 0 Å². The lowest BCUT2D eigenvalue weighted by Gasteiger charge is -2.34. The van der Waals surface area contributed by atoms with Crippen LogP contribution in [0.1, 0.15) is 47.3 Å². The van der Waals surface area contributed by atoms with Crippen molar-refractivity contribution >= 4 is 28.8 Å². The number of anilines is 1. The Bertz CT molecular complexity index is 1040. The number of ketones is 1. The van der Waals surface area contributed by atoms with Crippen LogP contribution in [0.4, 0.5) is 5.95 Å². The van der Waals surface area contributed by atoms with Crippen molar-refractivity contribution in [3.05, 3.63) is 16.7 Å². The van der Waals surface area contributed by atoms with Crippen LogP contribution in [0.5, 0.6) is 0 Å². The first-order valence-electron chi connectivity index (χ1n) is 9.70. The second kappa shape index (κ2) is 7.56. The standard InChI is InChI=1S/C19H27N5O6/c1-9(2)14(27)22-17-21-13-12(15(28)23-17)20-8-24(13)11-6-10(26)19(7-25,30-11)16(29)18(3,4)5/h8-11,25-26H,6-7H2,1-5H3,(H2,21,22,23,27,28)/t10-,11+,19+/m0/s1. The summed E-state index contributed by atoms with van der Waals surface area (Å²) in [5.74, 6) is -1.14. The Morgan fingerprint density at radius 2 is 2.10 bits per heavy atom. The number of hydrogen-bond donors (Lipinski definition) is 4. The second-order valence-corrected chi connectivity index (χ2v) is 8.83. The molecule has 2 aromatic rings. The molecule has 0 aromatic carbocycles. The Kier molecular flexibility index (Phi) is 5.56. The Labute approximate surface area is 172 Å². The lowest BCUT2D eigenvalue weighted by atomic mass is 9.78. The third kappa shape index (κ3) is 3.64. The molecule has 4 N–H and O–H groups in total. The Hall–Kier alpha value is -2.63. The van der Waals surface area contributed by atoms with E-state index in [1.807, 2.05) is 0 Å². The van der Waals surface area contributed by atoms with Gasteiger partial charge in [-0.3, -0.25) is 29.3 Å². The van der Waals surface area contributed by atoms with Crippen LogP contribution in [-0.4, -0.2) is 59.7 Å². The monoisotopic (exact) mass is 421 g/mol. The van der Waals surface area contributed by atoms with Gasteiger partial charge in [0, 0.05) is 17.8 Å². The van der Waals surface area contributed by atoms with E-state index in [1.165, 1.54) is 10.9 Å². The van der Waals surface area contributed by atoms with E-state index in [0.29, 0.717) is 0 Å². The fourth-order valence-electron chi connectivity index (χ4n) is 3.43. The highest BCUT2D eigenvalue weighted by Gasteiger charge is 2.56. The fourth-order valence-corrected chi connectivity index (χ4v) is 3.43. The number of nitrogens with zero attached hydrogens (tertiary/aromatic N) is 3. The van der Waals surface area contributed by atoms with E-state index in [9.17, 15) is 24.6 Å². The maximum Gasteiger partial charge on any atom is 0.280 e. The number of fused-ring (bicyclic) bond motifs is 1. The van der Waals surface area contributed by atoms with Gasteiger partial charge in [-0.25, -0.2) is 4.98 Å². The lowest BCUT2D eigenvalue weighted by Crippen LogP contribution is -2.54. The van der Waals surface area contributed by atoms with Crippen LogP contribution in [0.3, 0.4) is 0 Å². The van der Waals surface area contributed by atoms with Crippen molar-refractivity contribution < 1.29 is 24.5 Å². The summed E-state index contributed by atoms with van der Waals surface area (Å²) in [7, 11) is 0. The van der Waals surface area contributed by atoms with Crippen LogP contribution in [-0.2, 0) is 14.3 Å². The summed E-state index contributed by atoms with van der Waals surface area (Å²) < 4.78 is 7.29. The molecule has 1 aliphatic heterocycles. The molecule has 30 heavy (non-hydrogen) atoms. The summed E-state index contributed by atoms with van der Waals surface area (Å²) in [5, 5.41) is 23.1. The first-order valence-corrected chi connectivity index (χ1v) is 9.70. The maximum absolute atomic E-state index is 12.9. The van der Waals surface area contributed by atoms with Crippen LogP contribution >= 0.6 is 0 Å². The molecule has 3 rings (SSSR count). The minimum Gasteiger partial charge on any atom is -0.393 e. The summed E-state index contributed by atoms with van der Waals surface area (Å²) >= 11 is 0. The predicted molar refractivity (Wildman–Crippen MR) is 107 cm³/mol. The van der Waals surface area contributed by atoms with E-state index >= 15 is 0 Å². The van der Waals surface area contributed by atoms with Crippen molar-refractivity contribution in [2.45, 2.75) is 59.0 Å². The number of rotatable bonds is 5. The SMILES string of the molecule is CC(C)C(=O)Nc1nc2c(ncn2[C@H]2C[C@H](O)[C@](CO)(C(=O)C(C)(C)C)O2)c(=O)[nH]1. The van der Waals surface area contributed by atoms with Gasteiger partial charge in [0.05, 0.1) is 19.0 Å². The highest BCUT2D eigenvalue weighted by molar-refractivity contribution is 5.93. The molecule has 0 radical (unpaired) electrons. The molecule has 1 saturated heterocycles. The van der Waals surface area contributed by atoms with Crippen LogP contribution in [0.15, 0.2) is 11.1 Å². The molecule has 1 aliphatic rings. The van der Waals surface area contributed by atoms with E-state index < -0.39 is 41.3 Å². The normalized spacial score (nSPS) is 24.5. The molecule has 11 heteroatoms. The Morgan fingerprint density at radius 3 is 2.67 bits per heavy atom. The van der Waals surface area contributed by atoms with Crippen molar-refractivity contribution in [2.24, 2.45) is 11.3 Å². The third-order valence-electron chi connectivity index (χ3n) is 5.12. The molecular formula is C19H27N5O6. The number of carbonyl (C=O) groups excluding carboxylic acids is 2. The molecule has 1 fully saturated rings. The first-order chi connectivity index (χ1) is 13.9. The number of imidazole rings is 1. The van der Waals surface area contributed by atoms with Gasteiger partial charge in [0.25, 0.3) is 5.56 Å². The molecular weight excluding hydrogens is 394 g/mol. The number of ether oxygens (including phenoxy) is 1. The van der Waals surface area contributed by atoms with Gasteiger partial charge in [-0.05, 0) is 0 Å². The number of amides is 1. The number of aliphatic hydroxyl groups is 2. The molecule has 0 aliphatic carbocycles. The zero-order valence-electron chi connectivity index (χ0n) is 17.6. The minimum atomic E-state index is -1.80. The number of Topliss-reactive ketones (excluding diaryl/α,β-unsaturated/α-hetero) is 1. The average Bonchev–Trinajstić information content (AvgIpc) is 3.22. The predicted octanol–water partition coefficient (Wildman–Crippen LogP) is 0.340. The molecule has 0 unspecified atom stereocenters. The number of hydrogen-bond acceptors (Lipinski definition) is 8. The van der Waals surface area contributed by atoms with Gasteiger partial charge >= 0.3 is 0 Å². The number of carbonyl (C=O) groups is 2. The van der Waals surface area contributed by atoms with Crippen molar-refractivity contribution in [1.29, 1.82) is 0 Å². The van der Waals surface area contributed by atoms with E-state index in [1.54, 1.807) is 34.6 Å². The van der Waals surface area contributed by atoms with Crippen LogP contribution in [0, 0.1) is 11.3 Å². The summed E-state index contributed by atoms with van der Waals surface area (Å²) in [5.41, 5.74) is -3.09. The molecule has 164 valence electrons. The quantitative estimate of drug-likeness (QED) is 0.538. The van der Waals surface area contributed by atoms with Crippen LogP contribution in [0.25, 0.3) is 11.2 Å². The molecule has 0 bridgehead atoms. The Morgan fingerprint density at radius 1 is 1.43 bits per heavy atom. The van der Waals surface area contributed by atoms with Gasteiger partial charge < -0.3 is 14.9 Å². The second-order valence-electron chi connectivity index (χ2n) is 8.83. The topological polar surface area (TPSA) is 159 Å². The number of H-pyrrole nitrogens is 1. The summed E-state index contributed by atoms with van der Waals surface area (Å²) in [4.78, 5) is 48.0. The van der Waals surface area contributed by atoms with Gasteiger partial charge in [0.2, 0.25) is 11.9 Å². The van der Waals surface area contributed by atoms with Crippen LogP contribution in [0.2, 0.25) is 0 Å². The molecule has 2 aromatic heterocycles. The lowest BCUT2D eigenvalue weighted by molar-refractivity contribution is -0.171. The zero-order chi connectivity index (χ0) is 22.4. The van der Waals surface area contributed by atoms with Crippen molar-refractivity contribution in [1.82, 2.24) is 19.5 Å². The van der Waals surface area contributed by atoms with E-state index in [4.69, 9.17) is 4.74 Å². The molecule has 1 amide bonds. The summed E-state index contributed by atoms with van der Waals surface area (Å²) in [6.45, 7) is 7.72. The van der Waals surface area contributed by atoms with Gasteiger partial charge in [0.15, 0.2) is 22.5 Å². The zero-order valence-corrected chi connectivity index (χ0v) is 17.6. The first kappa shape index (κ1) is 22.1. The fraction of sp³-hybridized carbons (Fsp3) is 0.632. The number of nitrogens with one attached hydrogen (secondary N) is 2. The largest absolute Gasteiger partial charge is 0.393 e. The highest BCUT2D eigenvalue weighted by Crippen LogP contribution is 2.41. The van der Waals surface area contributed by atoms with Crippen molar-refractivity contribution in [3.63, 3.8) is 0 Å². The molecule has 11 nitrogen and oxygen atoms in total. The number of aromatic nitrogens is 4. The maximum atomic E-state index is 12.9. The van der Waals surface area contributed by atoms with E-state index in [2.05, 4.69) is 20.3 Å². The summed E-state index contributed by atoms with van der Waals surface area (Å²) in [6, 6.07) is 0. The third-order valence-corrected chi connectivity index (χ3v) is 5.12. The molecule has 0 spiro atoms. The smallest absolute Gasteiger partial charge is 0.280 e. The van der Waals surface area contributed by atoms with E-state index in [0.717, 1.165) is 0 Å². The van der Waals surface area contributed by atoms with Gasteiger partial charge in [-0.1, -0.05) is 34.6 Å². The highest BCUT2D eigenvalue weighted by atomic mass is 16.6. The van der Waals surface area contributed by atoms with Crippen LogP contribution < -0.4 is 10.9 Å². The Balaban J connectivity index is 2.01. The van der Waals surface area contributed by atoms with Crippen molar-refractivity contribution in [3.8, 4) is 0 Å². The molecule has 3 heterocycles.